The molecule has 0 unspecified atom stereocenters. The third-order valence-corrected chi connectivity index (χ3v) is 3.24. The zero-order valence-electron chi connectivity index (χ0n) is 10.5. The molecule has 2 nitrogen and oxygen atoms in total. The van der Waals surface area contributed by atoms with E-state index >= 15 is 0 Å². The molecule has 0 amide bonds. The first-order valence-electron chi connectivity index (χ1n) is 6.10. The van der Waals surface area contributed by atoms with Gasteiger partial charge in [-0.3, -0.25) is 4.98 Å². The predicted octanol–water partition coefficient (Wildman–Crippen LogP) is 4.94. The number of fused-ring (bicyclic) bond motifs is 1. The zero-order chi connectivity index (χ0) is 13.2. The van der Waals surface area contributed by atoms with E-state index in [-0.39, 0.29) is 0 Å². The smallest absolute Gasteiger partial charge is 0.0723 e. The molecule has 94 valence electrons. The Bertz CT molecular complexity index is 738. The quantitative estimate of drug-likeness (QED) is 0.712. The lowest BCUT2D eigenvalue weighted by molar-refractivity contribution is 1.40. The topological polar surface area (TPSA) is 24.9 Å². The van der Waals surface area contributed by atoms with Gasteiger partial charge in [-0.15, -0.1) is 0 Å². The van der Waals surface area contributed by atoms with Crippen LogP contribution in [0.5, 0.6) is 0 Å². The number of hydrogen-bond acceptors (Lipinski definition) is 2. The van der Waals surface area contributed by atoms with Gasteiger partial charge in [0.05, 0.1) is 5.52 Å². The average molecular weight is 269 g/mol. The lowest BCUT2D eigenvalue weighted by Gasteiger charge is -2.10. The minimum atomic E-state index is 0.716. The second-order valence-electron chi connectivity index (χ2n) is 4.51. The van der Waals surface area contributed by atoms with Gasteiger partial charge in [-0.25, -0.2) is 0 Å². The maximum Gasteiger partial charge on any atom is 0.0723 e. The van der Waals surface area contributed by atoms with E-state index in [1.165, 1.54) is 5.56 Å². The molecule has 3 aromatic rings. The van der Waals surface area contributed by atoms with E-state index in [4.69, 9.17) is 11.6 Å². The zero-order valence-corrected chi connectivity index (χ0v) is 11.3. The summed E-state index contributed by atoms with van der Waals surface area (Å²) in [5.74, 6) is 0. The highest BCUT2D eigenvalue weighted by atomic mass is 35.5. The minimum Gasteiger partial charge on any atom is -0.355 e. The molecular weight excluding hydrogens is 256 g/mol. The van der Waals surface area contributed by atoms with Gasteiger partial charge in [0.25, 0.3) is 0 Å². The number of hydrogen-bond donors (Lipinski definition) is 1. The van der Waals surface area contributed by atoms with Crippen LogP contribution in [-0.2, 0) is 0 Å². The molecule has 0 spiro atoms. The van der Waals surface area contributed by atoms with E-state index in [1.54, 1.807) is 6.20 Å². The van der Waals surface area contributed by atoms with Crippen molar-refractivity contribution in [1.29, 1.82) is 0 Å². The van der Waals surface area contributed by atoms with Crippen LogP contribution >= 0.6 is 11.6 Å². The molecule has 2 aromatic carbocycles. The number of aryl methyl sites for hydroxylation is 1. The summed E-state index contributed by atoms with van der Waals surface area (Å²) < 4.78 is 0. The highest BCUT2D eigenvalue weighted by molar-refractivity contribution is 6.31. The van der Waals surface area contributed by atoms with Crippen LogP contribution in [0.15, 0.2) is 54.7 Å². The van der Waals surface area contributed by atoms with Crippen molar-refractivity contribution in [3.05, 3.63) is 65.3 Å². The average Bonchev–Trinajstić information content (AvgIpc) is 2.39. The van der Waals surface area contributed by atoms with Crippen LogP contribution in [0.3, 0.4) is 0 Å². The molecule has 0 saturated carbocycles. The third kappa shape index (κ3) is 2.54. The Kier molecular flexibility index (Phi) is 3.10. The first-order chi connectivity index (χ1) is 9.22. The van der Waals surface area contributed by atoms with Crippen LogP contribution in [0.25, 0.3) is 10.9 Å². The number of anilines is 2. The van der Waals surface area contributed by atoms with Gasteiger partial charge in [-0.05, 0) is 48.9 Å². The molecule has 0 atom stereocenters. The molecule has 3 rings (SSSR count). The van der Waals surface area contributed by atoms with Gasteiger partial charge in [0.1, 0.15) is 0 Å². The Morgan fingerprint density at radius 2 is 1.95 bits per heavy atom. The normalized spacial score (nSPS) is 10.6. The Balaban J connectivity index is 2.07. The highest BCUT2D eigenvalue weighted by Crippen LogP contribution is 2.27. The summed E-state index contributed by atoms with van der Waals surface area (Å²) in [5, 5.41) is 5.16. The van der Waals surface area contributed by atoms with Crippen LogP contribution in [0.1, 0.15) is 5.56 Å². The first kappa shape index (κ1) is 12.0. The van der Waals surface area contributed by atoms with E-state index in [9.17, 15) is 0 Å². The molecule has 0 fully saturated rings. The monoisotopic (exact) mass is 268 g/mol. The van der Waals surface area contributed by atoms with Crippen LogP contribution in [0, 0.1) is 6.92 Å². The molecule has 0 saturated heterocycles. The molecule has 0 aliphatic rings. The van der Waals surface area contributed by atoms with Gasteiger partial charge in [-0.1, -0.05) is 23.7 Å². The van der Waals surface area contributed by atoms with Gasteiger partial charge in [-0.2, -0.15) is 0 Å². The molecule has 0 bridgehead atoms. The molecular formula is C16H13ClN2. The summed E-state index contributed by atoms with van der Waals surface area (Å²) in [6, 6.07) is 15.9. The SMILES string of the molecule is Cc1cccc(Nc2ccnc3ccc(Cl)cc23)c1. The van der Waals surface area contributed by atoms with Crippen molar-refractivity contribution in [2.24, 2.45) is 0 Å². The molecule has 3 heteroatoms. The summed E-state index contributed by atoms with van der Waals surface area (Å²) in [4.78, 5) is 4.34. The Hall–Kier alpha value is -2.06. The second-order valence-corrected chi connectivity index (χ2v) is 4.95. The maximum atomic E-state index is 6.06. The maximum absolute atomic E-state index is 6.06. The van der Waals surface area contributed by atoms with Gasteiger partial charge >= 0.3 is 0 Å². The number of benzene rings is 2. The summed E-state index contributed by atoms with van der Waals surface area (Å²) in [6.45, 7) is 2.08. The van der Waals surface area contributed by atoms with E-state index < -0.39 is 0 Å². The van der Waals surface area contributed by atoms with Crippen molar-refractivity contribution in [3.63, 3.8) is 0 Å². The molecule has 0 aliphatic carbocycles. The Labute approximate surface area is 117 Å². The lowest BCUT2D eigenvalue weighted by Crippen LogP contribution is -1.92. The number of nitrogens with one attached hydrogen (secondary N) is 1. The van der Waals surface area contributed by atoms with Gasteiger partial charge < -0.3 is 5.32 Å². The van der Waals surface area contributed by atoms with E-state index in [1.807, 2.05) is 36.4 Å². The van der Waals surface area contributed by atoms with Crippen molar-refractivity contribution in [2.75, 3.05) is 5.32 Å². The molecule has 0 aliphatic heterocycles. The van der Waals surface area contributed by atoms with Gasteiger partial charge in [0, 0.05) is 28.0 Å². The molecule has 0 radical (unpaired) electrons. The minimum absolute atomic E-state index is 0.716. The summed E-state index contributed by atoms with van der Waals surface area (Å²) in [7, 11) is 0. The van der Waals surface area contributed by atoms with E-state index in [0.717, 1.165) is 22.3 Å². The van der Waals surface area contributed by atoms with Crippen molar-refractivity contribution >= 4 is 33.9 Å². The number of pyridine rings is 1. The summed E-state index contributed by atoms with van der Waals surface area (Å²) >= 11 is 6.06. The number of nitrogens with zero attached hydrogens (tertiary/aromatic N) is 1. The fourth-order valence-corrected chi connectivity index (χ4v) is 2.28. The fourth-order valence-electron chi connectivity index (χ4n) is 2.11. The van der Waals surface area contributed by atoms with Gasteiger partial charge in [0.2, 0.25) is 0 Å². The van der Waals surface area contributed by atoms with Crippen molar-refractivity contribution in [2.45, 2.75) is 6.92 Å². The lowest BCUT2D eigenvalue weighted by atomic mass is 10.1. The van der Waals surface area contributed by atoms with Crippen LogP contribution < -0.4 is 5.32 Å². The molecule has 19 heavy (non-hydrogen) atoms. The summed E-state index contributed by atoms with van der Waals surface area (Å²) in [5.41, 5.74) is 4.23. The number of aromatic nitrogens is 1. The molecule has 1 heterocycles. The van der Waals surface area contributed by atoms with Crippen molar-refractivity contribution in [3.8, 4) is 0 Å². The molecule has 1 N–H and O–H groups in total. The van der Waals surface area contributed by atoms with Gasteiger partial charge in [0.15, 0.2) is 0 Å². The van der Waals surface area contributed by atoms with Crippen LogP contribution in [-0.4, -0.2) is 4.98 Å². The third-order valence-electron chi connectivity index (χ3n) is 3.00. The summed E-state index contributed by atoms with van der Waals surface area (Å²) in [6.07, 6.45) is 1.80. The first-order valence-corrected chi connectivity index (χ1v) is 6.48. The highest BCUT2D eigenvalue weighted by Gasteiger charge is 2.03. The van der Waals surface area contributed by atoms with Crippen LogP contribution in [0.4, 0.5) is 11.4 Å². The van der Waals surface area contributed by atoms with E-state index in [0.29, 0.717) is 5.02 Å². The number of halogens is 1. The second kappa shape index (κ2) is 4.90. The standard InChI is InChI=1S/C16H13ClN2/c1-11-3-2-4-13(9-11)19-16-7-8-18-15-6-5-12(17)10-14(15)16/h2-10H,1H3,(H,18,19). The Morgan fingerprint density at radius 1 is 1.05 bits per heavy atom. The van der Waals surface area contributed by atoms with Crippen LogP contribution in [0.2, 0.25) is 5.02 Å². The molecule has 1 aromatic heterocycles. The Morgan fingerprint density at radius 3 is 2.79 bits per heavy atom. The van der Waals surface area contributed by atoms with Crippen molar-refractivity contribution in [1.82, 2.24) is 4.98 Å². The fraction of sp³-hybridized carbons (Fsp3) is 0.0625. The number of rotatable bonds is 2. The largest absolute Gasteiger partial charge is 0.355 e. The van der Waals surface area contributed by atoms with Crippen molar-refractivity contribution < 1.29 is 0 Å². The predicted molar refractivity (Wildman–Crippen MR) is 81.2 cm³/mol. The van der Waals surface area contributed by atoms with E-state index in [2.05, 4.69) is 29.4 Å².